The molecule has 0 aromatic rings. The fraction of sp³-hybridized carbons (Fsp3) is 1.00. The van der Waals surface area contributed by atoms with E-state index in [-0.39, 0.29) is 0 Å². The molecule has 0 rings (SSSR count). The van der Waals surface area contributed by atoms with Crippen molar-refractivity contribution in [3.8, 4) is 0 Å². The van der Waals surface area contributed by atoms with Crippen molar-refractivity contribution in [1.82, 2.24) is 0 Å². The average Bonchev–Trinajstić information content (AvgIpc) is 1.99. The predicted octanol–water partition coefficient (Wildman–Crippen LogP) is 2.18. The Bertz CT molecular complexity index is 94.1. The first kappa shape index (κ1) is 10.9. The van der Waals surface area contributed by atoms with Gasteiger partial charge in [0.1, 0.15) is 13.1 Å². The third kappa shape index (κ3) is 6.28. The fourth-order valence-electron chi connectivity index (χ4n) is 0.950. The van der Waals surface area contributed by atoms with Gasteiger partial charge in [-0.05, 0) is 18.2 Å². The molecule has 11 heavy (non-hydrogen) atoms. The number of quaternary nitrogens is 1. The summed E-state index contributed by atoms with van der Waals surface area (Å²) in [7, 11) is 0. The van der Waals surface area contributed by atoms with Crippen LogP contribution in [-0.4, -0.2) is 28.3 Å². The standard InChI is InChI=1S/C8H20NO2/c1-3-5-6-7-8-9(10,11)4-2/h10-11H,3-8H2,1-2H3/q+1. The largest absolute Gasteiger partial charge is 0.182 e. The molecule has 68 valence electrons. The lowest BCUT2D eigenvalue weighted by atomic mass is 10.2. The van der Waals surface area contributed by atoms with E-state index in [4.69, 9.17) is 10.4 Å². The number of unbranched alkanes of at least 4 members (excludes halogenated alkanes) is 3. The summed E-state index contributed by atoms with van der Waals surface area (Å²) < 4.78 is 0. The van der Waals surface area contributed by atoms with Gasteiger partial charge in [0.05, 0.1) is 0 Å². The smallest absolute Gasteiger partial charge is 0.142 e. The Hall–Kier alpha value is -0.120. The molecule has 0 heterocycles. The van der Waals surface area contributed by atoms with Gasteiger partial charge in [-0.1, -0.05) is 19.8 Å². The predicted molar refractivity (Wildman–Crippen MR) is 43.4 cm³/mol. The van der Waals surface area contributed by atoms with Crippen LogP contribution in [-0.2, 0) is 0 Å². The van der Waals surface area contributed by atoms with Crippen LogP contribution >= 0.6 is 0 Å². The number of hydrogen-bond donors (Lipinski definition) is 2. The molecule has 0 amide bonds. The molecule has 0 unspecified atom stereocenters. The number of rotatable bonds is 6. The Morgan fingerprint density at radius 2 is 1.64 bits per heavy atom. The normalized spacial score (nSPS) is 12.0. The third-order valence-electron chi connectivity index (χ3n) is 1.88. The quantitative estimate of drug-likeness (QED) is 0.357. The molecule has 0 radical (unpaired) electrons. The van der Waals surface area contributed by atoms with Crippen LogP contribution in [0.2, 0.25) is 0 Å². The van der Waals surface area contributed by atoms with Crippen LogP contribution in [0, 0.1) is 0 Å². The lowest BCUT2D eigenvalue weighted by Gasteiger charge is -2.18. The van der Waals surface area contributed by atoms with Crippen molar-refractivity contribution < 1.29 is 15.2 Å². The van der Waals surface area contributed by atoms with Crippen LogP contribution < -0.4 is 0 Å². The fourth-order valence-corrected chi connectivity index (χ4v) is 0.950. The van der Waals surface area contributed by atoms with Crippen molar-refractivity contribution in [3.63, 3.8) is 0 Å². The molecule has 3 heteroatoms. The van der Waals surface area contributed by atoms with Crippen LogP contribution in [0.1, 0.15) is 39.5 Å². The highest BCUT2D eigenvalue weighted by Gasteiger charge is 2.17. The number of nitrogens with zero attached hydrogens (tertiary/aromatic N) is 1. The van der Waals surface area contributed by atoms with Crippen molar-refractivity contribution in [2.75, 3.05) is 13.1 Å². The van der Waals surface area contributed by atoms with E-state index in [1.165, 1.54) is 12.8 Å². The topological polar surface area (TPSA) is 40.5 Å². The molecule has 3 nitrogen and oxygen atoms in total. The van der Waals surface area contributed by atoms with Gasteiger partial charge in [0.25, 0.3) is 0 Å². The molecule has 0 saturated carbocycles. The second-order valence-electron chi connectivity index (χ2n) is 2.98. The van der Waals surface area contributed by atoms with Crippen molar-refractivity contribution in [2.24, 2.45) is 0 Å². The number of hydroxylamine groups is 4. The van der Waals surface area contributed by atoms with Crippen LogP contribution in [0.25, 0.3) is 0 Å². The Morgan fingerprint density at radius 3 is 2.09 bits per heavy atom. The van der Waals surface area contributed by atoms with Crippen molar-refractivity contribution in [3.05, 3.63) is 0 Å². The SMILES string of the molecule is CCCCCC[N+](O)(O)CC. The molecule has 0 aromatic heterocycles. The summed E-state index contributed by atoms with van der Waals surface area (Å²) in [5.41, 5.74) is 0. The van der Waals surface area contributed by atoms with Gasteiger partial charge in [-0.3, -0.25) is 0 Å². The lowest BCUT2D eigenvalue weighted by molar-refractivity contribution is -1.24. The first-order valence-corrected chi connectivity index (χ1v) is 4.45. The van der Waals surface area contributed by atoms with Gasteiger partial charge in [0.2, 0.25) is 0 Å². The van der Waals surface area contributed by atoms with Crippen LogP contribution in [0.4, 0.5) is 0 Å². The first-order valence-electron chi connectivity index (χ1n) is 4.45. The molecular weight excluding hydrogens is 142 g/mol. The van der Waals surface area contributed by atoms with Crippen molar-refractivity contribution >= 4 is 0 Å². The Kier molecular flexibility index (Phi) is 5.46. The molecule has 0 spiro atoms. The van der Waals surface area contributed by atoms with Gasteiger partial charge in [-0.25, -0.2) is 0 Å². The highest BCUT2D eigenvalue weighted by Crippen LogP contribution is 2.03. The van der Waals surface area contributed by atoms with E-state index in [9.17, 15) is 0 Å². The lowest BCUT2D eigenvalue weighted by Crippen LogP contribution is -2.41. The maximum atomic E-state index is 9.12. The van der Waals surface area contributed by atoms with E-state index in [0.29, 0.717) is 13.1 Å². The Labute approximate surface area is 68.8 Å². The van der Waals surface area contributed by atoms with E-state index in [1.807, 2.05) is 0 Å². The third-order valence-corrected chi connectivity index (χ3v) is 1.88. The maximum absolute atomic E-state index is 9.12. The summed E-state index contributed by atoms with van der Waals surface area (Å²) in [6.07, 6.45) is 4.36. The van der Waals surface area contributed by atoms with Gasteiger partial charge in [0.15, 0.2) is 0 Å². The monoisotopic (exact) mass is 162 g/mol. The van der Waals surface area contributed by atoms with Crippen LogP contribution in [0.3, 0.4) is 0 Å². The van der Waals surface area contributed by atoms with Gasteiger partial charge in [-0.15, -0.1) is 0 Å². The zero-order valence-corrected chi connectivity index (χ0v) is 7.58. The van der Waals surface area contributed by atoms with E-state index >= 15 is 0 Å². The average molecular weight is 162 g/mol. The van der Waals surface area contributed by atoms with Gasteiger partial charge < -0.3 is 0 Å². The van der Waals surface area contributed by atoms with Gasteiger partial charge >= 0.3 is 0 Å². The summed E-state index contributed by atoms with van der Waals surface area (Å²) >= 11 is 0. The van der Waals surface area contributed by atoms with E-state index in [0.717, 1.165) is 12.8 Å². The second-order valence-corrected chi connectivity index (χ2v) is 2.98. The van der Waals surface area contributed by atoms with Gasteiger partial charge in [0, 0.05) is 6.42 Å². The Morgan fingerprint density at radius 1 is 1.00 bits per heavy atom. The molecule has 0 aliphatic heterocycles. The molecule has 0 bridgehead atoms. The summed E-state index contributed by atoms with van der Waals surface area (Å²) in [6.45, 7) is 4.72. The van der Waals surface area contributed by atoms with E-state index in [1.54, 1.807) is 6.92 Å². The highest BCUT2D eigenvalue weighted by atomic mass is 16.8. The van der Waals surface area contributed by atoms with Gasteiger partial charge in [-0.2, -0.15) is 10.4 Å². The Balaban J connectivity index is 3.23. The van der Waals surface area contributed by atoms with Crippen LogP contribution in [0.15, 0.2) is 0 Å². The molecule has 0 aliphatic rings. The minimum absolute atomic E-state index is 0.367. The summed E-state index contributed by atoms with van der Waals surface area (Å²) in [4.78, 5) is -0.816. The molecular formula is C8H20NO2+. The zero-order valence-electron chi connectivity index (χ0n) is 7.58. The molecule has 0 atom stereocenters. The van der Waals surface area contributed by atoms with E-state index in [2.05, 4.69) is 6.92 Å². The summed E-state index contributed by atoms with van der Waals surface area (Å²) in [6, 6.07) is 0. The minimum atomic E-state index is -0.816. The van der Waals surface area contributed by atoms with Crippen molar-refractivity contribution in [2.45, 2.75) is 39.5 Å². The molecule has 0 aliphatic carbocycles. The molecule has 0 aromatic carbocycles. The summed E-state index contributed by atoms with van der Waals surface area (Å²) in [5, 5.41) is 18.2. The summed E-state index contributed by atoms with van der Waals surface area (Å²) in [5.74, 6) is 0. The van der Waals surface area contributed by atoms with Crippen molar-refractivity contribution in [1.29, 1.82) is 0 Å². The first-order chi connectivity index (χ1) is 5.12. The molecule has 2 N–H and O–H groups in total. The minimum Gasteiger partial charge on any atom is -0.182 e. The molecule has 0 fully saturated rings. The van der Waals surface area contributed by atoms with Crippen LogP contribution in [0.5, 0.6) is 0 Å². The number of hydrogen-bond acceptors (Lipinski definition) is 2. The second kappa shape index (κ2) is 5.52. The van der Waals surface area contributed by atoms with E-state index < -0.39 is 4.81 Å². The zero-order chi connectivity index (χ0) is 8.74. The molecule has 0 saturated heterocycles. The maximum Gasteiger partial charge on any atom is 0.142 e. The highest BCUT2D eigenvalue weighted by molar-refractivity contribution is 4.37.